The van der Waals surface area contributed by atoms with Gasteiger partial charge in [-0.05, 0) is 37.1 Å². The van der Waals surface area contributed by atoms with Gasteiger partial charge in [0.15, 0.2) is 0 Å². The van der Waals surface area contributed by atoms with E-state index in [0.717, 1.165) is 38.0 Å². The molecule has 0 radical (unpaired) electrons. The van der Waals surface area contributed by atoms with Crippen LogP contribution in [-0.4, -0.2) is 56.2 Å². The van der Waals surface area contributed by atoms with Gasteiger partial charge in [0.05, 0.1) is 25.3 Å². The van der Waals surface area contributed by atoms with Gasteiger partial charge in [-0.2, -0.15) is 0 Å². The number of nitrogens with zero attached hydrogens (tertiary/aromatic N) is 1. The molecule has 3 rings (SSSR count). The molecule has 1 aromatic carbocycles. The molecule has 0 bridgehead atoms. The minimum absolute atomic E-state index is 0. The first kappa shape index (κ1) is 19.1. The van der Waals surface area contributed by atoms with E-state index >= 15 is 0 Å². The third kappa shape index (κ3) is 4.89. The molecule has 0 spiro atoms. The maximum Gasteiger partial charge on any atom is 0.237 e. The largest absolute Gasteiger partial charge is 0.379 e. The lowest BCUT2D eigenvalue weighted by molar-refractivity contribution is -0.123. The molecule has 134 valence electrons. The number of nitrogens with one attached hydrogen (secondary N) is 2. The third-order valence-corrected chi connectivity index (χ3v) is 4.59. The van der Waals surface area contributed by atoms with Crippen LogP contribution in [0.2, 0.25) is 0 Å². The van der Waals surface area contributed by atoms with E-state index in [2.05, 4.69) is 15.5 Å². The Hall–Kier alpha value is -1.21. The Morgan fingerprint density at radius 3 is 2.67 bits per heavy atom. The van der Waals surface area contributed by atoms with E-state index in [9.17, 15) is 9.18 Å². The van der Waals surface area contributed by atoms with Crippen molar-refractivity contribution < 1.29 is 13.9 Å². The minimum Gasteiger partial charge on any atom is -0.379 e. The van der Waals surface area contributed by atoms with Crippen LogP contribution in [-0.2, 0) is 9.53 Å². The van der Waals surface area contributed by atoms with Crippen molar-refractivity contribution in [3.63, 3.8) is 0 Å². The van der Waals surface area contributed by atoms with Crippen LogP contribution >= 0.6 is 12.4 Å². The van der Waals surface area contributed by atoms with E-state index < -0.39 is 0 Å². The summed E-state index contributed by atoms with van der Waals surface area (Å²) in [6.45, 7) is 4.45. The Morgan fingerprint density at radius 1 is 1.33 bits per heavy atom. The number of halogens is 2. The second-order valence-corrected chi connectivity index (χ2v) is 6.11. The van der Waals surface area contributed by atoms with E-state index in [1.807, 2.05) is 0 Å². The number of ether oxygens (including phenoxy) is 1. The fourth-order valence-corrected chi connectivity index (χ4v) is 3.26. The molecule has 2 aliphatic heterocycles. The normalized spacial score (nSPS) is 22.6. The molecule has 7 heteroatoms. The van der Waals surface area contributed by atoms with Gasteiger partial charge in [0.25, 0.3) is 0 Å². The maximum atomic E-state index is 13.2. The first-order valence-corrected chi connectivity index (χ1v) is 8.32. The van der Waals surface area contributed by atoms with Gasteiger partial charge in [0, 0.05) is 19.6 Å². The molecule has 2 aliphatic rings. The summed E-state index contributed by atoms with van der Waals surface area (Å²) in [5.74, 6) is -0.184. The lowest BCUT2D eigenvalue weighted by atomic mass is 10.0. The summed E-state index contributed by atoms with van der Waals surface area (Å²) in [5.41, 5.74) is 1.02. The smallest absolute Gasteiger partial charge is 0.237 e. The molecule has 5 nitrogen and oxygen atoms in total. The molecule has 2 saturated heterocycles. The highest BCUT2D eigenvalue weighted by atomic mass is 35.5. The molecule has 0 saturated carbocycles. The number of rotatable bonds is 5. The summed E-state index contributed by atoms with van der Waals surface area (Å²) in [5, 5.41) is 6.27. The molecule has 2 unspecified atom stereocenters. The van der Waals surface area contributed by atoms with Gasteiger partial charge in [0.1, 0.15) is 5.82 Å². The highest BCUT2D eigenvalue weighted by molar-refractivity contribution is 5.85. The molecular weight excluding hydrogens is 333 g/mol. The van der Waals surface area contributed by atoms with Crippen molar-refractivity contribution >= 4 is 18.3 Å². The number of carbonyl (C=O) groups excluding carboxylic acids is 1. The second kappa shape index (κ2) is 9.32. The average Bonchev–Trinajstić information content (AvgIpc) is 3.12. The van der Waals surface area contributed by atoms with Crippen molar-refractivity contribution in [2.24, 2.45) is 0 Å². The molecule has 2 atom stereocenters. The zero-order valence-electron chi connectivity index (χ0n) is 13.7. The van der Waals surface area contributed by atoms with Crippen molar-refractivity contribution in [2.45, 2.75) is 24.9 Å². The van der Waals surface area contributed by atoms with Crippen LogP contribution in [0, 0.1) is 5.82 Å². The summed E-state index contributed by atoms with van der Waals surface area (Å²) < 4.78 is 18.6. The monoisotopic (exact) mass is 357 g/mol. The zero-order valence-corrected chi connectivity index (χ0v) is 14.5. The van der Waals surface area contributed by atoms with E-state index in [-0.39, 0.29) is 36.2 Å². The van der Waals surface area contributed by atoms with E-state index in [1.54, 1.807) is 12.1 Å². The van der Waals surface area contributed by atoms with Crippen LogP contribution in [0.15, 0.2) is 24.3 Å². The van der Waals surface area contributed by atoms with Crippen LogP contribution in [0.5, 0.6) is 0 Å². The quantitative estimate of drug-likeness (QED) is 0.838. The van der Waals surface area contributed by atoms with Crippen molar-refractivity contribution in [3.8, 4) is 0 Å². The topological polar surface area (TPSA) is 53.6 Å². The van der Waals surface area contributed by atoms with Gasteiger partial charge >= 0.3 is 0 Å². The standard InChI is InChI=1S/C17H24FN3O2.ClH/c18-14-5-3-13(4-6-14)16(21-8-10-23-11-9-21)12-20-17(22)15-2-1-7-19-15;/h3-6,15-16,19H,1-2,7-12H2,(H,20,22);1H. The van der Waals surface area contributed by atoms with E-state index in [4.69, 9.17) is 4.74 Å². The summed E-state index contributed by atoms with van der Waals surface area (Å²) in [6.07, 6.45) is 1.94. The van der Waals surface area contributed by atoms with Crippen LogP contribution in [0.25, 0.3) is 0 Å². The predicted octanol–water partition coefficient (Wildman–Crippen LogP) is 1.49. The summed E-state index contributed by atoms with van der Waals surface area (Å²) in [7, 11) is 0. The molecule has 0 aliphatic carbocycles. The van der Waals surface area contributed by atoms with Crippen LogP contribution < -0.4 is 10.6 Å². The SMILES string of the molecule is Cl.O=C(NCC(c1ccc(F)cc1)N1CCOCC1)C1CCCN1. The molecular formula is C17H25ClFN3O2. The number of hydrogen-bond acceptors (Lipinski definition) is 4. The number of morpholine rings is 1. The molecule has 2 N–H and O–H groups in total. The highest BCUT2D eigenvalue weighted by Gasteiger charge is 2.26. The first-order valence-electron chi connectivity index (χ1n) is 8.32. The van der Waals surface area contributed by atoms with Crippen LogP contribution in [0.3, 0.4) is 0 Å². The Labute approximate surface area is 148 Å². The Bertz CT molecular complexity index is 517. The number of hydrogen-bond donors (Lipinski definition) is 2. The molecule has 2 heterocycles. The predicted molar refractivity (Wildman–Crippen MR) is 92.8 cm³/mol. The van der Waals surface area contributed by atoms with Crippen LogP contribution in [0.4, 0.5) is 4.39 Å². The lowest BCUT2D eigenvalue weighted by Crippen LogP contribution is -2.47. The summed E-state index contributed by atoms with van der Waals surface area (Å²) >= 11 is 0. The molecule has 2 fully saturated rings. The first-order chi connectivity index (χ1) is 11.2. The Balaban J connectivity index is 0.00000208. The average molecular weight is 358 g/mol. The summed E-state index contributed by atoms with van der Waals surface area (Å²) in [6, 6.07) is 6.52. The fraction of sp³-hybridized carbons (Fsp3) is 0.588. The number of carbonyl (C=O) groups is 1. The van der Waals surface area contributed by atoms with Gasteiger partial charge in [-0.15, -0.1) is 12.4 Å². The summed E-state index contributed by atoms with van der Waals surface area (Å²) in [4.78, 5) is 14.5. The Morgan fingerprint density at radius 2 is 2.04 bits per heavy atom. The lowest BCUT2D eigenvalue weighted by Gasteiger charge is -2.35. The Kier molecular flexibility index (Phi) is 7.42. The van der Waals surface area contributed by atoms with Gasteiger partial charge in [-0.3, -0.25) is 9.69 Å². The van der Waals surface area contributed by atoms with Gasteiger partial charge in [-0.1, -0.05) is 12.1 Å². The number of benzene rings is 1. The molecule has 24 heavy (non-hydrogen) atoms. The molecule has 1 amide bonds. The molecule has 0 aromatic heterocycles. The van der Waals surface area contributed by atoms with Gasteiger partial charge < -0.3 is 15.4 Å². The second-order valence-electron chi connectivity index (χ2n) is 6.11. The van der Waals surface area contributed by atoms with Crippen molar-refractivity contribution in [1.29, 1.82) is 0 Å². The van der Waals surface area contributed by atoms with E-state index in [0.29, 0.717) is 19.8 Å². The van der Waals surface area contributed by atoms with Crippen molar-refractivity contribution in [3.05, 3.63) is 35.6 Å². The van der Waals surface area contributed by atoms with Gasteiger partial charge in [0.2, 0.25) is 5.91 Å². The van der Waals surface area contributed by atoms with Crippen molar-refractivity contribution in [2.75, 3.05) is 39.4 Å². The van der Waals surface area contributed by atoms with Crippen LogP contribution in [0.1, 0.15) is 24.4 Å². The number of amides is 1. The fourth-order valence-electron chi connectivity index (χ4n) is 3.26. The van der Waals surface area contributed by atoms with Crippen molar-refractivity contribution in [1.82, 2.24) is 15.5 Å². The maximum absolute atomic E-state index is 13.2. The highest BCUT2D eigenvalue weighted by Crippen LogP contribution is 2.22. The van der Waals surface area contributed by atoms with E-state index in [1.165, 1.54) is 12.1 Å². The minimum atomic E-state index is -0.242. The molecule has 1 aromatic rings. The third-order valence-electron chi connectivity index (χ3n) is 4.59. The zero-order chi connectivity index (χ0) is 16.1. The van der Waals surface area contributed by atoms with Gasteiger partial charge in [-0.25, -0.2) is 4.39 Å².